The van der Waals surface area contributed by atoms with E-state index in [1.165, 1.54) is 0 Å². The SMILES string of the molecule is CC(NC(=O)CC1COCCN1)c1cccc(-n2ccnc2)c1.Cl.Cl. The second-order valence-electron chi connectivity index (χ2n) is 5.78. The summed E-state index contributed by atoms with van der Waals surface area (Å²) in [6.45, 7) is 4.11. The van der Waals surface area contributed by atoms with Crippen molar-refractivity contribution >= 4 is 30.7 Å². The van der Waals surface area contributed by atoms with E-state index in [0.29, 0.717) is 13.0 Å². The van der Waals surface area contributed by atoms with Crippen LogP contribution in [-0.2, 0) is 9.53 Å². The number of morpholine rings is 1. The summed E-state index contributed by atoms with van der Waals surface area (Å²) in [6, 6.07) is 8.15. The molecule has 1 aromatic heterocycles. The average Bonchev–Trinajstić information content (AvgIpc) is 3.10. The Bertz CT molecular complexity index is 646. The van der Waals surface area contributed by atoms with E-state index in [1.54, 1.807) is 12.5 Å². The number of hydrogen-bond donors (Lipinski definition) is 2. The van der Waals surface area contributed by atoms with Crippen LogP contribution < -0.4 is 10.6 Å². The highest BCUT2D eigenvalue weighted by Crippen LogP contribution is 2.17. The number of amides is 1. The van der Waals surface area contributed by atoms with E-state index in [4.69, 9.17) is 4.74 Å². The van der Waals surface area contributed by atoms with E-state index in [1.807, 2.05) is 35.9 Å². The summed E-state index contributed by atoms with van der Waals surface area (Å²) in [5.41, 5.74) is 2.10. The van der Waals surface area contributed by atoms with Gasteiger partial charge >= 0.3 is 0 Å². The highest BCUT2D eigenvalue weighted by Gasteiger charge is 2.18. The number of ether oxygens (including phenoxy) is 1. The molecule has 1 aliphatic heterocycles. The van der Waals surface area contributed by atoms with Crippen LogP contribution in [0.5, 0.6) is 0 Å². The van der Waals surface area contributed by atoms with Gasteiger partial charge in [-0.2, -0.15) is 0 Å². The van der Waals surface area contributed by atoms with Crippen LogP contribution in [0.4, 0.5) is 0 Å². The molecular formula is C17H24Cl2N4O2. The maximum atomic E-state index is 12.2. The molecule has 2 heterocycles. The van der Waals surface area contributed by atoms with E-state index < -0.39 is 0 Å². The van der Waals surface area contributed by atoms with Crippen LogP contribution in [-0.4, -0.2) is 41.3 Å². The molecule has 1 fully saturated rings. The minimum atomic E-state index is -0.0459. The Morgan fingerprint density at radius 2 is 2.32 bits per heavy atom. The number of aromatic nitrogens is 2. The molecule has 2 unspecified atom stereocenters. The zero-order chi connectivity index (χ0) is 16.1. The lowest BCUT2D eigenvalue weighted by Gasteiger charge is -2.24. The normalized spacial score (nSPS) is 17.7. The molecule has 0 aliphatic carbocycles. The van der Waals surface area contributed by atoms with Gasteiger partial charge in [0, 0.05) is 37.1 Å². The van der Waals surface area contributed by atoms with Crippen LogP contribution in [0.15, 0.2) is 43.0 Å². The topological polar surface area (TPSA) is 68.2 Å². The number of nitrogens with zero attached hydrogens (tertiary/aromatic N) is 2. The van der Waals surface area contributed by atoms with Crippen molar-refractivity contribution in [2.75, 3.05) is 19.8 Å². The van der Waals surface area contributed by atoms with Gasteiger partial charge in [0.05, 0.1) is 25.6 Å². The highest BCUT2D eigenvalue weighted by molar-refractivity contribution is 5.85. The van der Waals surface area contributed by atoms with Crippen molar-refractivity contribution in [2.24, 2.45) is 0 Å². The molecule has 0 spiro atoms. The molecular weight excluding hydrogens is 363 g/mol. The van der Waals surface area contributed by atoms with Crippen molar-refractivity contribution in [3.8, 4) is 5.69 Å². The van der Waals surface area contributed by atoms with E-state index in [2.05, 4.69) is 21.7 Å². The summed E-state index contributed by atoms with van der Waals surface area (Å²) in [5.74, 6) is 0.0357. The fourth-order valence-electron chi connectivity index (χ4n) is 2.72. The molecule has 6 nitrogen and oxygen atoms in total. The smallest absolute Gasteiger partial charge is 0.222 e. The Balaban J connectivity index is 0.00000156. The van der Waals surface area contributed by atoms with Crippen LogP contribution in [0, 0.1) is 0 Å². The van der Waals surface area contributed by atoms with Crippen molar-refractivity contribution in [1.82, 2.24) is 20.2 Å². The molecule has 1 aliphatic rings. The van der Waals surface area contributed by atoms with Crippen molar-refractivity contribution in [1.29, 1.82) is 0 Å². The first-order valence-corrected chi connectivity index (χ1v) is 7.91. The van der Waals surface area contributed by atoms with Gasteiger partial charge in [-0.1, -0.05) is 12.1 Å². The van der Waals surface area contributed by atoms with Gasteiger partial charge in [-0.15, -0.1) is 24.8 Å². The molecule has 2 atom stereocenters. The monoisotopic (exact) mass is 386 g/mol. The average molecular weight is 387 g/mol. The van der Waals surface area contributed by atoms with Gasteiger partial charge in [-0.05, 0) is 24.6 Å². The van der Waals surface area contributed by atoms with Gasteiger partial charge in [-0.25, -0.2) is 4.98 Å². The standard InChI is InChI=1S/C17H22N4O2.2ClH/c1-13(20-17(22)10-15-11-23-8-6-19-15)14-3-2-4-16(9-14)21-7-5-18-12-21;;/h2-5,7,9,12-13,15,19H,6,8,10-11H2,1H3,(H,20,22);2*1H. The van der Waals surface area contributed by atoms with Crippen LogP contribution in [0.3, 0.4) is 0 Å². The zero-order valence-electron chi connectivity index (χ0n) is 14.1. The number of hydrogen-bond acceptors (Lipinski definition) is 4. The Morgan fingerprint density at radius 1 is 1.48 bits per heavy atom. The molecule has 2 aromatic rings. The fraction of sp³-hybridized carbons (Fsp3) is 0.412. The molecule has 1 saturated heterocycles. The molecule has 2 N–H and O–H groups in total. The summed E-state index contributed by atoms with van der Waals surface area (Å²) in [5, 5.41) is 6.35. The van der Waals surface area contributed by atoms with Gasteiger partial charge in [0.25, 0.3) is 0 Å². The predicted octanol–water partition coefficient (Wildman–Crippen LogP) is 2.27. The van der Waals surface area contributed by atoms with E-state index in [9.17, 15) is 4.79 Å². The third-order valence-electron chi connectivity index (χ3n) is 3.98. The van der Waals surface area contributed by atoms with Gasteiger partial charge in [0.1, 0.15) is 0 Å². The molecule has 0 saturated carbocycles. The first-order valence-electron chi connectivity index (χ1n) is 7.91. The molecule has 1 aromatic carbocycles. The molecule has 0 radical (unpaired) electrons. The summed E-state index contributed by atoms with van der Waals surface area (Å²) >= 11 is 0. The van der Waals surface area contributed by atoms with Crippen molar-refractivity contribution < 1.29 is 9.53 Å². The van der Waals surface area contributed by atoms with Crippen LogP contribution >= 0.6 is 24.8 Å². The van der Waals surface area contributed by atoms with E-state index in [-0.39, 0.29) is 42.8 Å². The maximum absolute atomic E-state index is 12.2. The zero-order valence-corrected chi connectivity index (χ0v) is 15.7. The van der Waals surface area contributed by atoms with Gasteiger partial charge in [0.2, 0.25) is 5.91 Å². The Hall–Kier alpha value is -1.60. The highest BCUT2D eigenvalue weighted by atomic mass is 35.5. The third-order valence-corrected chi connectivity index (χ3v) is 3.98. The lowest BCUT2D eigenvalue weighted by atomic mass is 10.1. The van der Waals surface area contributed by atoms with Crippen LogP contribution in [0.25, 0.3) is 5.69 Å². The number of benzene rings is 1. The van der Waals surface area contributed by atoms with Crippen molar-refractivity contribution in [3.05, 3.63) is 48.5 Å². The molecule has 3 rings (SSSR count). The van der Waals surface area contributed by atoms with Gasteiger partial charge in [-0.3, -0.25) is 4.79 Å². The van der Waals surface area contributed by atoms with E-state index >= 15 is 0 Å². The van der Waals surface area contributed by atoms with Crippen LogP contribution in [0.1, 0.15) is 24.9 Å². The molecule has 25 heavy (non-hydrogen) atoms. The van der Waals surface area contributed by atoms with Gasteiger partial charge in [0.15, 0.2) is 0 Å². The summed E-state index contributed by atoms with van der Waals surface area (Å²) in [6.07, 6.45) is 5.84. The minimum absolute atomic E-state index is 0. The number of carbonyl (C=O) groups excluding carboxylic acids is 1. The predicted molar refractivity (Wildman–Crippen MR) is 102 cm³/mol. The number of nitrogens with one attached hydrogen (secondary N) is 2. The number of imidazole rings is 1. The van der Waals surface area contributed by atoms with Gasteiger partial charge < -0.3 is 19.9 Å². The molecule has 0 bridgehead atoms. The number of rotatable bonds is 5. The third kappa shape index (κ3) is 6.01. The minimum Gasteiger partial charge on any atom is -0.378 e. The first kappa shape index (κ1) is 21.4. The molecule has 8 heteroatoms. The van der Waals surface area contributed by atoms with Crippen molar-refractivity contribution in [3.63, 3.8) is 0 Å². The summed E-state index contributed by atoms with van der Waals surface area (Å²) in [7, 11) is 0. The Labute approximate surface area is 160 Å². The Kier molecular flexibility index (Phi) is 8.92. The lowest BCUT2D eigenvalue weighted by Crippen LogP contribution is -2.44. The van der Waals surface area contributed by atoms with E-state index in [0.717, 1.165) is 24.4 Å². The van der Waals surface area contributed by atoms with Crippen LogP contribution in [0.2, 0.25) is 0 Å². The second-order valence-corrected chi connectivity index (χ2v) is 5.78. The number of carbonyl (C=O) groups is 1. The second kappa shape index (κ2) is 10.4. The summed E-state index contributed by atoms with van der Waals surface area (Å²) < 4.78 is 7.32. The number of halogens is 2. The van der Waals surface area contributed by atoms with Crippen molar-refractivity contribution in [2.45, 2.75) is 25.4 Å². The molecule has 1 amide bonds. The Morgan fingerprint density at radius 3 is 3.00 bits per heavy atom. The first-order chi connectivity index (χ1) is 11.2. The maximum Gasteiger partial charge on any atom is 0.222 e. The summed E-state index contributed by atoms with van der Waals surface area (Å²) in [4.78, 5) is 16.2. The molecule has 138 valence electrons. The largest absolute Gasteiger partial charge is 0.378 e. The lowest BCUT2D eigenvalue weighted by molar-refractivity contribution is -0.122. The quantitative estimate of drug-likeness (QED) is 0.826. The fourth-order valence-corrected chi connectivity index (χ4v) is 2.72.